The molecule has 0 aromatic heterocycles. The van der Waals surface area contributed by atoms with Crippen LogP contribution in [-0.2, 0) is 5.60 Å². The van der Waals surface area contributed by atoms with Crippen LogP contribution in [0.1, 0.15) is 30.9 Å². The maximum atomic E-state index is 14.8. The lowest BCUT2D eigenvalue weighted by molar-refractivity contribution is -0.441. The third kappa shape index (κ3) is 5.13. The first-order valence-corrected chi connectivity index (χ1v) is 10.6. The highest BCUT2D eigenvalue weighted by Crippen LogP contribution is 2.61. The predicted octanol–water partition coefficient (Wildman–Crippen LogP) is 7.84. The number of rotatable bonds is 11. The van der Waals surface area contributed by atoms with Crippen molar-refractivity contribution in [2.24, 2.45) is 0 Å². The van der Waals surface area contributed by atoms with Gasteiger partial charge in [0.25, 0.3) is 0 Å². The molecule has 0 heterocycles. The second kappa shape index (κ2) is 10.1. The highest BCUT2D eigenvalue weighted by atomic mass is 19.4. The Labute approximate surface area is 207 Å². The van der Waals surface area contributed by atoms with Crippen molar-refractivity contribution in [2.45, 2.75) is 61.2 Å². The fourth-order valence-corrected chi connectivity index (χ4v) is 3.38. The summed E-state index contributed by atoms with van der Waals surface area (Å²) in [6, 6.07) is 9.25. The molecule has 0 radical (unpaired) electrons. The quantitative estimate of drug-likeness (QED) is 0.277. The van der Waals surface area contributed by atoms with Gasteiger partial charge in [-0.25, -0.2) is 0 Å². The molecule has 2 nitrogen and oxygen atoms in total. The molecular formula is C23H19F13O2. The summed E-state index contributed by atoms with van der Waals surface area (Å²) in [6.07, 6.45) is -9.91. The minimum Gasteiger partial charge on any atom is -0.494 e. The second-order valence-electron chi connectivity index (χ2n) is 8.28. The maximum Gasteiger partial charge on any atom is 0.460 e. The van der Waals surface area contributed by atoms with Gasteiger partial charge in [-0.15, -0.1) is 0 Å². The number of hydrogen-bond acceptors (Lipinski definition) is 2. The van der Waals surface area contributed by atoms with E-state index in [9.17, 15) is 62.2 Å². The number of benzene rings is 2. The normalized spacial score (nSPS) is 15.8. The number of halogens is 13. The van der Waals surface area contributed by atoms with E-state index >= 15 is 0 Å². The topological polar surface area (TPSA) is 29.5 Å². The maximum absolute atomic E-state index is 14.8. The number of ether oxygens (including phenoxy) is 1. The fourth-order valence-electron chi connectivity index (χ4n) is 3.38. The summed E-state index contributed by atoms with van der Waals surface area (Å²) >= 11 is 0. The zero-order valence-corrected chi connectivity index (χ0v) is 19.1. The first-order chi connectivity index (χ1) is 17.1. The molecule has 1 atom stereocenters. The molecule has 38 heavy (non-hydrogen) atoms. The summed E-state index contributed by atoms with van der Waals surface area (Å²) in [5.41, 5.74) is -4.72. The van der Waals surface area contributed by atoms with Gasteiger partial charge in [0.2, 0.25) is 0 Å². The Morgan fingerprint density at radius 1 is 0.632 bits per heavy atom. The molecule has 0 aliphatic carbocycles. The van der Waals surface area contributed by atoms with E-state index in [1.807, 2.05) is 0 Å². The highest BCUT2D eigenvalue weighted by Gasteiger charge is 2.90. The number of hydrogen-bond donors (Lipinski definition) is 1. The monoisotopic (exact) mass is 574 g/mol. The van der Waals surface area contributed by atoms with E-state index in [2.05, 4.69) is 0 Å². The van der Waals surface area contributed by atoms with E-state index in [1.54, 1.807) is 6.92 Å². The smallest absolute Gasteiger partial charge is 0.460 e. The van der Waals surface area contributed by atoms with Crippen LogP contribution in [0.15, 0.2) is 54.6 Å². The summed E-state index contributed by atoms with van der Waals surface area (Å²) in [4.78, 5) is 0. The molecule has 1 unspecified atom stereocenters. The Bertz CT molecular complexity index is 1080. The molecule has 1 N–H and O–H groups in total. The van der Waals surface area contributed by atoms with Crippen molar-refractivity contribution in [1.82, 2.24) is 0 Å². The molecule has 0 aliphatic heterocycles. The highest BCUT2D eigenvalue weighted by molar-refractivity contribution is 5.40. The van der Waals surface area contributed by atoms with Gasteiger partial charge in [-0.05, 0) is 29.7 Å². The SMILES string of the molecule is CCCOc1cccc(C(O)(CC(F)(F)C(F)(F)C(F)(F)C(F)(F)C(F)(F)C(F)(F)F)c2ccccc2)c1. The van der Waals surface area contributed by atoms with Gasteiger partial charge in [0.15, 0.2) is 0 Å². The van der Waals surface area contributed by atoms with Crippen molar-refractivity contribution in [1.29, 1.82) is 0 Å². The van der Waals surface area contributed by atoms with Gasteiger partial charge in [-0.3, -0.25) is 0 Å². The lowest BCUT2D eigenvalue weighted by Gasteiger charge is -2.42. The number of alkyl halides is 13. The van der Waals surface area contributed by atoms with Crippen LogP contribution in [0.25, 0.3) is 0 Å². The predicted molar refractivity (Wildman–Crippen MR) is 107 cm³/mol. The Balaban J connectivity index is 2.67. The minimum absolute atomic E-state index is 0.0518. The van der Waals surface area contributed by atoms with Crippen molar-refractivity contribution < 1.29 is 66.9 Å². The molecule has 0 bridgehead atoms. The third-order valence-corrected chi connectivity index (χ3v) is 5.51. The van der Waals surface area contributed by atoms with Crippen LogP contribution >= 0.6 is 0 Å². The van der Waals surface area contributed by atoms with Crippen LogP contribution in [0.3, 0.4) is 0 Å². The van der Waals surface area contributed by atoms with Gasteiger partial charge in [0, 0.05) is 0 Å². The van der Waals surface area contributed by atoms with Crippen molar-refractivity contribution in [2.75, 3.05) is 6.61 Å². The molecular weight excluding hydrogens is 555 g/mol. The third-order valence-electron chi connectivity index (χ3n) is 5.51. The average Bonchev–Trinajstić information content (AvgIpc) is 2.82. The Morgan fingerprint density at radius 3 is 1.63 bits per heavy atom. The van der Waals surface area contributed by atoms with Crippen molar-refractivity contribution in [3.05, 3.63) is 65.7 Å². The van der Waals surface area contributed by atoms with Gasteiger partial charge in [-0.2, -0.15) is 57.1 Å². The van der Waals surface area contributed by atoms with Crippen LogP contribution < -0.4 is 4.74 Å². The number of aliphatic hydroxyl groups is 1. The molecule has 0 aliphatic rings. The minimum atomic E-state index is -8.02. The van der Waals surface area contributed by atoms with Gasteiger partial charge in [-0.1, -0.05) is 49.4 Å². The van der Waals surface area contributed by atoms with Crippen molar-refractivity contribution in [3.8, 4) is 5.75 Å². The van der Waals surface area contributed by atoms with Crippen LogP contribution in [-0.4, -0.2) is 47.5 Å². The van der Waals surface area contributed by atoms with E-state index in [1.165, 1.54) is 12.1 Å². The zero-order chi connectivity index (χ0) is 29.4. The Kier molecular flexibility index (Phi) is 8.39. The Morgan fingerprint density at radius 2 is 1.13 bits per heavy atom. The molecule has 0 fully saturated rings. The molecule has 2 aromatic rings. The van der Waals surface area contributed by atoms with E-state index in [0.29, 0.717) is 6.42 Å². The van der Waals surface area contributed by atoms with Crippen molar-refractivity contribution in [3.63, 3.8) is 0 Å². The summed E-state index contributed by atoms with van der Waals surface area (Å²) < 4.78 is 182. The molecule has 2 aromatic carbocycles. The van der Waals surface area contributed by atoms with Gasteiger partial charge in [0.1, 0.15) is 11.4 Å². The van der Waals surface area contributed by atoms with Gasteiger partial charge < -0.3 is 9.84 Å². The van der Waals surface area contributed by atoms with E-state index in [4.69, 9.17) is 4.74 Å². The van der Waals surface area contributed by atoms with E-state index in [0.717, 1.165) is 42.5 Å². The molecule has 2 rings (SSSR count). The first-order valence-electron chi connectivity index (χ1n) is 10.6. The molecule has 0 amide bonds. The average molecular weight is 574 g/mol. The molecule has 15 heteroatoms. The largest absolute Gasteiger partial charge is 0.494 e. The van der Waals surface area contributed by atoms with Crippen LogP contribution in [0.2, 0.25) is 0 Å². The summed E-state index contributed by atoms with van der Waals surface area (Å²) in [5, 5.41) is 11.1. The summed E-state index contributed by atoms with van der Waals surface area (Å²) in [5.74, 6) is -37.9. The lowest BCUT2D eigenvalue weighted by Crippen LogP contribution is -2.70. The standard InChI is InChI=1S/C23H19F13O2/c1-2-11-38-16-10-6-9-15(12-16)17(37,14-7-4-3-5-8-14)13-18(24,25)19(26,27)20(28,29)21(30,31)22(32,33)23(34,35)36/h3-10,12,37H,2,11,13H2,1H3. The fraction of sp³-hybridized carbons (Fsp3) is 0.478. The lowest BCUT2D eigenvalue weighted by atomic mass is 9.79. The van der Waals surface area contributed by atoms with Gasteiger partial charge >= 0.3 is 35.8 Å². The van der Waals surface area contributed by atoms with Crippen LogP contribution in [0.5, 0.6) is 5.75 Å². The second-order valence-corrected chi connectivity index (χ2v) is 8.28. The summed E-state index contributed by atoms with van der Waals surface area (Å²) in [7, 11) is 0. The molecule has 0 saturated heterocycles. The van der Waals surface area contributed by atoms with Crippen LogP contribution in [0.4, 0.5) is 57.1 Å². The molecule has 0 saturated carbocycles. The van der Waals surface area contributed by atoms with E-state index in [-0.39, 0.29) is 12.4 Å². The molecule has 0 spiro atoms. The van der Waals surface area contributed by atoms with E-state index < -0.39 is 58.9 Å². The van der Waals surface area contributed by atoms with Crippen LogP contribution in [0, 0.1) is 0 Å². The van der Waals surface area contributed by atoms with Gasteiger partial charge in [0.05, 0.1) is 13.0 Å². The first kappa shape index (κ1) is 31.5. The van der Waals surface area contributed by atoms with Crippen molar-refractivity contribution >= 4 is 0 Å². The summed E-state index contributed by atoms with van der Waals surface area (Å²) in [6.45, 7) is 1.72. The Hall–Kier alpha value is -2.71. The zero-order valence-electron chi connectivity index (χ0n) is 19.1. The molecule has 214 valence electrons.